The lowest BCUT2D eigenvalue weighted by atomic mass is 10.1. The van der Waals surface area contributed by atoms with Gasteiger partial charge in [-0.2, -0.15) is 5.10 Å². The zero-order valence-corrected chi connectivity index (χ0v) is 10.0. The lowest BCUT2D eigenvalue weighted by Crippen LogP contribution is -2.30. The van der Waals surface area contributed by atoms with E-state index in [1.807, 2.05) is 0 Å². The summed E-state index contributed by atoms with van der Waals surface area (Å²) in [4.78, 5) is 11.5. The van der Waals surface area contributed by atoms with Crippen molar-refractivity contribution in [2.75, 3.05) is 20.7 Å². The van der Waals surface area contributed by atoms with E-state index >= 15 is 0 Å². The Balaban J connectivity index is 3.01. The molecule has 1 rings (SSSR count). The van der Waals surface area contributed by atoms with Crippen LogP contribution in [0, 0.1) is 0 Å². The van der Waals surface area contributed by atoms with Crippen molar-refractivity contribution in [2.45, 2.75) is 12.2 Å². The lowest BCUT2D eigenvalue weighted by molar-refractivity contribution is 0.0187. The first-order valence-electron chi connectivity index (χ1n) is 5.13. The Morgan fingerprint density at radius 3 is 2.82 bits per heavy atom. The minimum atomic E-state index is -1.19. The number of hydrogen-bond donors (Lipinski definition) is 3. The Bertz CT molecular complexity index is 391. The van der Waals surface area contributed by atoms with Gasteiger partial charge in [-0.1, -0.05) is 0 Å². The number of methoxy groups -OCH3 is 1. The number of likely N-dealkylation sites (N-methyl/N-ethyl adjacent to an activating group) is 1. The van der Waals surface area contributed by atoms with Crippen molar-refractivity contribution in [1.82, 2.24) is 15.1 Å². The molecule has 0 aromatic carbocycles. The van der Waals surface area contributed by atoms with Crippen LogP contribution in [-0.4, -0.2) is 52.8 Å². The molecule has 0 saturated heterocycles. The number of carbonyl (C=O) groups is 1. The fraction of sp³-hybridized carbons (Fsp3) is 0.600. The Labute approximate surface area is 99.0 Å². The molecule has 0 fully saturated rings. The van der Waals surface area contributed by atoms with Crippen molar-refractivity contribution in [3.63, 3.8) is 0 Å². The van der Waals surface area contributed by atoms with Gasteiger partial charge in [0, 0.05) is 19.2 Å². The van der Waals surface area contributed by atoms with Crippen LogP contribution in [0.5, 0.6) is 0 Å². The van der Waals surface area contributed by atoms with Crippen LogP contribution in [0.2, 0.25) is 0 Å². The maximum Gasteiger partial charge on any atom is 0.356 e. The Morgan fingerprint density at radius 1 is 1.65 bits per heavy atom. The summed E-state index contributed by atoms with van der Waals surface area (Å²) in [6.45, 7) is 0.205. The third kappa shape index (κ3) is 2.82. The molecular weight excluding hydrogens is 226 g/mol. The van der Waals surface area contributed by atoms with Crippen LogP contribution in [0.1, 0.15) is 22.2 Å². The van der Waals surface area contributed by atoms with Crippen molar-refractivity contribution in [1.29, 1.82) is 0 Å². The summed E-state index contributed by atoms with van der Waals surface area (Å²) >= 11 is 0. The van der Waals surface area contributed by atoms with Crippen LogP contribution < -0.4 is 5.32 Å². The normalized spacial score (nSPS) is 14.4. The molecule has 96 valence electrons. The molecule has 0 aliphatic heterocycles. The van der Waals surface area contributed by atoms with Gasteiger partial charge in [0.1, 0.15) is 6.10 Å². The number of aryl methyl sites for hydroxylation is 1. The highest BCUT2D eigenvalue weighted by molar-refractivity contribution is 5.89. The van der Waals surface area contributed by atoms with E-state index in [2.05, 4.69) is 15.2 Å². The second-order valence-corrected chi connectivity index (χ2v) is 3.63. The lowest BCUT2D eigenvalue weighted by Gasteiger charge is -2.17. The molecule has 1 aromatic heterocycles. The molecule has 1 heterocycles. The first-order chi connectivity index (χ1) is 8.02. The predicted octanol–water partition coefficient (Wildman–Crippen LogP) is -1.18. The highest BCUT2D eigenvalue weighted by atomic mass is 16.5. The van der Waals surface area contributed by atoms with Crippen molar-refractivity contribution in [2.24, 2.45) is 7.05 Å². The van der Waals surface area contributed by atoms with Crippen LogP contribution in [0.4, 0.5) is 0 Å². The van der Waals surface area contributed by atoms with Gasteiger partial charge in [-0.15, -0.1) is 0 Å². The summed E-state index contributed by atoms with van der Waals surface area (Å²) in [6.07, 6.45) is -0.867. The number of rotatable bonds is 5. The molecule has 3 N–H and O–H groups in total. The van der Waals surface area contributed by atoms with Crippen LogP contribution in [0.25, 0.3) is 0 Å². The standard InChI is InChI=1S/C10H17N3O4/c1-11-5-7(14)9(15)6-4-12-13(2)8(6)10(16)17-3/h4,7,9,11,14-15H,5H2,1-3H3. The minimum absolute atomic E-state index is 0.134. The molecule has 0 saturated carbocycles. The minimum Gasteiger partial charge on any atom is -0.464 e. The number of aliphatic hydroxyl groups is 2. The molecule has 0 bridgehead atoms. The summed E-state index contributed by atoms with van der Waals surface area (Å²) < 4.78 is 5.90. The number of hydrogen-bond acceptors (Lipinski definition) is 6. The molecule has 0 amide bonds. The highest BCUT2D eigenvalue weighted by Crippen LogP contribution is 2.21. The average molecular weight is 243 g/mol. The Hall–Kier alpha value is -1.44. The molecule has 0 aliphatic rings. The van der Waals surface area contributed by atoms with E-state index in [-0.39, 0.29) is 17.8 Å². The van der Waals surface area contributed by atoms with Gasteiger partial charge in [-0.05, 0) is 7.05 Å². The van der Waals surface area contributed by atoms with Crippen molar-refractivity contribution >= 4 is 5.97 Å². The fourth-order valence-electron chi connectivity index (χ4n) is 1.55. The highest BCUT2D eigenvalue weighted by Gasteiger charge is 2.27. The molecule has 7 nitrogen and oxygen atoms in total. The number of aromatic nitrogens is 2. The van der Waals surface area contributed by atoms with Gasteiger partial charge in [-0.25, -0.2) is 4.79 Å². The van der Waals surface area contributed by atoms with Crippen LogP contribution in [0.15, 0.2) is 6.20 Å². The van der Waals surface area contributed by atoms with Crippen molar-refractivity contribution < 1.29 is 19.7 Å². The topological polar surface area (TPSA) is 96.6 Å². The number of aliphatic hydroxyl groups excluding tert-OH is 2. The van der Waals surface area contributed by atoms with E-state index in [4.69, 9.17) is 0 Å². The van der Waals surface area contributed by atoms with Crippen LogP contribution in [0.3, 0.4) is 0 Å². The molecule has 2 atom stereocenters. The fourth-order valence-corrected chi connectivity index (χ4v) is 1.55. The molecule has 0 aliphatic carbocycles. The zero-order chi connectivity index (χ0) is 13.0. The SMILES string of the molecule is CNCC(O)C(O)c1cnn(C)c1C(=O)OC. The molecule has 7 heteroatoms. The van der Waals surface area contributed by atoms with Gasteiger partial charge in [0.2, 0.25) is 0 Å². The van der Waals surface area contributed by atoms with Gasteiger partial charge in [0.05, 0.1) is 19.4 Å². The summed E-state index contributed by atoms with van der Waals surface area (Å²) in [7, 11) is 4.46. The zero-order valence-electron chi connectivity index (χ0n) is 10.0. The average Bonchev–Trinajstić information content (AvgIpc) is 2.69. The largest absolute Gasteiger partial charge is 0.464 e. The molecule has 1 aromatic rings. The maximum atomic E-state index is 11.5. The van der Waals surface area contributed by atoms with Gasteiger partial charge in [-0.3, -0.25) is 4.68 Å². The number of esters is 1. The van der Waals surface area contributed by atoms with E-state index in [1.54, 1.807) is 14.1 Å². The van der Waals surface area contributed by atoms with E-state index in [0.29, 0.717) is 0 Å². The van der Waals surface area contributed by atoms with E-state index in [0.717, 1.165) is 0 Å². The maximum absolute atomic E-state index is 11.5. The van der Waals surface area contributed by atoms with Gasteiger partial charge >= 0.3 is 5.97 Å². The summed E-state index contributed by atoms with van der Waals surface area (Å²) in [6, 6.07) is 0. The van der Waals surface area contributed by atoms with Crippen molar-refractivity contribution in [3.05, 3.63) is 17.5 Å². The first kappa shape index (κ1) is 13.6. The van der Waals surface area contributed by atoms with Crippen LogP contribution in [-0.2, 0) is 11.8 Å². The second kappa shape index (κ2) is 5.76. The van der Waals surface area contributed by atoms with E-state index in [9.17, 15) is 15.0 Å². The Kier molecular flexibility index (Phi) is 4.62. The Morgan fingerprint density at radius 2 is 2.29 bits per heavy atom. The number of carbonyl (C=O) groups excluding carboxylic acids is 1. The van der Waals surface area contributed by atoms with E-state index in [1.165, 1.54) is 18.0 Å². The third-order valence-corrected chi connectivity index (χ3v) is 2.44. The van der Waals surface area contributed by atoms with Gasteiger partial charge < -0.3 is 20.3 Å². The molecule has 0 radical (unpaired) electrons. The number of nitrogens with zero attached hydrogens (tertiary/aromatic N) is 2. The summed E-state index contributed by atoms with van der Waals surface area (Å²) in [5, 5.41) is 26.2. The number of nitrogens with one attached hydrogen (secondary N) is 1. The smallest absolute Gasteiger partial charge is 0.356 e. The predicted molar refractivity (Wildman–Crippen MR) is 59.4 cm³/mol. The monoisotopic (exact) mass is 243 g/mol. The van der Waals surface area contributed by atoms with Crippen molar-refractivity contribution in [3.8, 4) is 0 Å². The van der Waals surface area contributed by atoms with Gasteiger partial charge in [0.25, 0.3) is 0 Å². The molecule has 2 unspecified atom stereocenters. The quantitative estimate of drug-likeness (QED) is 0.563. The molecular formula is C10H17N3O4. The van der Waals surface area contributed by atoms with E-state index < -0.39 is 18.2 Å². The molecule has 17 heavy (non-hydrogen) atoms. The first-order valence-corrected chi connectivity index (χ1v) is 5.13. The second-order valence-electron chi connectivity index (χ2n) is 3.63. The summed E-state index contributed by atoms with van der Waals surface area (Å²) in [5.74, 6) is -0.601. The third-order valence-electron chi connectivity index (χ3n) is 2.44. The summed E-state index contributed by atoms with van der Waals surface area (Å²) in [5.41, 5.74) is 0.386. The molecule has 0 spiro atoms. The number of ether oxygens (including phenoxy) is 1. The van der Waals surface area contributed by atoms with Gasteiger partial charge in [0.15, 0.2) is 5.69 Å². The van der Waals surface area contributed by atoms with Crippen LogP contribution >= 0.6 is 0 Å².